The minimum atomic E-state index is 0.0749. The molecular weight excluding hydrogens is 192 g/mol. The zero-order chi connectivity index (χ0) is 10.7. The van der Waals surface area contributed by atoms with Crippen molar-refractivity contribution < 1.29 is 9.47 Å². The van der Waals surface area contributed by atoms with Gasteiger partial charge in [-0.1, -0.05) is 0 Å². The van der Waals surface area contributed by atoms with Gasteiger partial charge in [-0.05, 0) is 13.0 Å². The fourth-order valence-corrected chi connectivity index (χ4v) is 1.54. The molecule has 0 radical (unpaired) electrons. The van der Waals surface area contributed by atoms with Crippen LogP contribution < -0.4 is 4.74 Å². The molecule has 0 saturated carbocycles. The van der Waals surface area contributed by atoms with Crippen molar-refractivity contribution in [3.05, 3.63) is 23.4 Å². The van der Waals surface area contributed by atoms with Gasteiger partial charge in [-0.2, -0.15) is 5.26 Å². The van der Waals surface area contributed by atoms with Crippen LogP contribution in [0.1, 0.15) is 17.7 Å². The van der Waals surface area contributed by atoms with E-state index in [1.165, 1.54) is 0 Å². The first-order valence-electron chi connectivity index (χ1n) is 4.91. The van der Waals surface area contributed by atoms with Crippen molar-refractivity contribution in [1.82, 2.24) is 4.98 Å². The summed E-state index contributed by atoms with van der Waals surface area (Å²) < 4.78 is 10.8. The molecule has 1 aromatic rings. The van der Waals surface area contributed by atoms with Crippen molar-refractivity contribution in [1.29, 1.82) is 5.26 Å². The fraction of sp³-hybridized carbons (Fsp3) is 0.455. The minimum absolute atomic E-state index is 0.0749. The largest absolute Gasteiger partial charge is 0.472 e. The van der Waals surface area contributed by atoms with Crippen LogP contribution in [0.25, 0.3) is 0 Å². The Balaban J connectivity index is 2.13. The van der Waals surface area contributed by atoms with Gasteiger partial charge in [0.1, 0.15) is 6.10 Å². The summed E-state index contributed by atoms with van der Waals surface area (Å²) in [6.07, 6.45) is 0.961. The molecule has 1 unspecified atom stereocenters. The second-order valence-corrected chi connectivity index (χ2v) is 3.55. The molecule has 4 heteroatoms. The van der Waals surface area contributed by atoms with Gasteiger partial charge in [0.2, 0.25) is 5.88 Å². The third-order valence-corrected chi connectivity index (χ3v) is 2.23. The lowest BCUT2D eigenvalue weighted by Gasteiger charge is -2.11. The molecule has 2 heterocycles. The van der Waals surface area contributed by atoms with Crippen LogP contribution in [0.5, 0.6) is 5.88 Å². The standard InChI is InChI=1S/C11H12N2O2/c1-8-4-9(6-12)5-11(13-8)15-10-2-3-14-7-10/h4-5,10H,2-3,7H2,1H3. The first-order chi connectivity index (χ1) is 7.28. The third kappa shape index (κ3) is 2.45. The maximum atomic E-state index is 8.79. The summed E-state index contributed by atoms with van der Waals surface area (Å²) in [6, 6.07) is 5.47. The Hall–Kier alpha value is -1.60. The van der Waals surface area contributed by atoms with Crippen LogP contribution in [0.3, 0.4) is 0 Å². The zero-order valence-electron chi connectivity index (χ0n) is 8.56. The summed E-state index contributed by atoms with van der Waals surface area (Å²) >= 11 is 0. The minimum Gasteiger partial charge on any atom is -0.472 e. The number of nitriles is 1. The summed E-state index contributed by atoms with van der Waals surface area (Å²) in [4.78, 5) is 4.22. The summed E-state index contributed by atoms with van der Waals surface area (Å²) in [6.45, 7) is 3.19. The summed E-state index contributed by atoms with van der Waals surface area (Å²) in [5, 5.41) is 8.79. The number of rotatable bonds is 2. The maximum Gasteiger partial charge on any atom is 0.215 e. The van der Waals surface area contributed by atoms with E-state index in [1.807, 2.05) is 6.92 Å². The van der Waals surface area contributed by atoms with Crippen LogP contribution in [0, 0.1) is 18.3 Å². The highest BCUT2D eigenvalue weighted by atomic mass is 16.5. The second-order valence-electron chi connectivity index (χ2n) is 3.55. The predicted molar refractivity (Wildman–Crippen MR) is 53.5 cm³/mol. The molecule has 0 N–H and O–H groups in total. The fourth-order valence-electron chi connectivity index (χ4n) is 1.54. The van der Waals surface area contributed by atoms with Crippen molar-refractivity contribution in [3.8, 4) is 11.9 Å². The summed E-state index contributed by atoms with van der Waals surface area (Å²) in [7, 11) is 0. The molecule has 1 aliphatic heterocycles. The van der Waals surface area contributed by atoms with Crippen LogP contribution in [-0.4, -0.2) is 24.3 Å². The van der Waals surface area contributed by atoms with Crippen molar-refractivity contribution in [3.63, 3.8) is 0 Å². The lowest BCUT2D eigenvalue weighted by molar-refractivity contribution is 0.138. The van der Waals surface area contributed by atoms with E-state index in [0.717, 1.165) is 18.7 Å². The van der Waals surface area contributed by atoms with Gasteiger partial charge in [-0.25, -0.2) is 4.98 Å². The van der Waals surface area contributed by atoms with Crippen LogP contribution in [-0.2, 0) is 4.74 Å². The topological polar surface area (TPSA) is 55.1 Å². The average Bonchev–Trinajstić information content (AvgIpc) is 2.69. The highest BCUT2D eigenvalue weighted by Gasteiger charge is 2.17. The molecule has 0 spiro atoms. The molecule has 1 saturated heterocycles. The van der Waals surface area contributed by atoms with E-state index in [9.17, 15) is 0 Å². The smallest absolute Gasteiger partial charge is 0.215 e. The van der Waals surface area contributed by atoms with Gasteiger partial charge in [-0.15, -0.1) is 0 Å². The molecule has 1 fully saturated rings. The van der Waals surface area contributed by atoms with Crippen LogP contribution in [0.2, 0.25) is 0 Å². The van der Waals surface area contributed by atoms with Crippen LogP contribution in [0.4, 0.5) is 0 Å². The number of ether oxygens (including phenoxy) is 2. The normalized spacial score (nSPS) is 19.9. The molecule has 78 valence electrons. The van der Waals surface area contributed by atoms with Crippen molar-refractivity contribution >= 4 is 0 Å². The lowest BCUT2D eigenvalue weighted by Crippen LogP contribution is -2.16. The lowest BCUT2D eigenvalue weighted by atomic mass is 10.2. The Labute approximate surface area is 88.5 Å². The molecule has 1 atom stereocenters. The van der Waals surface area contributed by atoms with E-state index in [2.05, 4.69) is 11.1 Å². The Morgan fingerprint density at radius 2 is 2.47 bits per heavy atom. The van der Waals surface area contributed by atoms with Gasteiger partial charge < -0.3 is 9.47 Å². The van der Waals surface area contributed by atoms with E-state index in [-0.39, 0.29) is 6.10 Å². The third-order valence-electron chi connectivity index (χ3n) is 2.23. The zero-order valence-corrected chi connectivity index (χ0v) is 8.56. The Morgan fingerprint density at radius 3 is 3.13 bits per heavy atom. The molecule has 0 bridgehead atoms. The summed E-state index contributed by atoms with van der Waals surface area (Å²) in [5.41, 5.74) is 1.37. The van der Waals surface area contributed by atoms with E-state index in [1.54, 1.807) is 12.1 Å². The predicted octanol–water partition coefficient (Wildman–Crippen LogP) is 1.43. The molecule has 0 aliphatic carbocycles. The van der Waals surface area contributed by atoms with E-state index >= 15 is 0 Å². The van der Waals surface area contributed by atoms with Crippen molar-refractivity contribution in [2.75, 3.05) is 13.2 Å². The van der Waals surface area contributed by atoms with Gasteiger partial charge in [0.25, 0.3) is 0 Å². The Kier molecular flexibility index (Phi) is 2.84. The molecule has 0 amide bonds. The van der Waals surface area contributed by atoms with E-state index in [0.29, 0.717) is 18.1 Å². The molecule has 15 heavy (non-hydrogen) atoms. The average molecular weight is 204 g/mol. The molecule has 1 aliphatic rings. The van der Waals surface area contributed by atoms with Gasteiger partial charge in [-0.3, -0.25) is 0 Å². The first-order valence-corrected chi connectivity index (χ1v) is 4.91. The number of nitrogens with zero attached hydrogens (tertiary/aromatic N) is 2. The number of pyridine rings is 1. The number of hydrogen-bond acceptors (Lipinski definition) is 4. The Morgan fingerprint density at radius 1 is 1.60 bits per heavy atom. The van der Waals surface area contributed by atoms with E-state index in [4.69, 9.17) is 14.7 Å². The number of hydrogen-bond donors (Lipinski definition) is 0. The van der Waals surface area contributed by atoms with Gasteiger partial charge in [0.05, 0.1) is 24.8 Å². The first kappa shape index (κ1) is 9.94. The van der Waals surface area contributed by atoms with E-state index < -0.39 is 0 Å². The highest BCUT2D eigenvalue weighted by molar-refractivity contribution is 5.34. The van der Waals surface area contributed by atoms with Crippen molar-refractivity contribution in [2.24, 2.45) is 0 Å². The molecule has 0 aromatic carbocycles. The summed E-state index contributed by atoms with van der Waals surface area (Å²) in [5.74, 6) is 0.516. The molecule has 1 aromatic heterocycles. The van der Waals surface area contributed by atoms with Gasteiger partial charge >= 0.3 is 0 Å². The van der Waals surface area contributed by atoms with Crippen LogP contribution in [0.15, 0.2) is 12.1 Å². The second kappa shape index (κ2) is 4.28. The Bertz CT molecular complexity index is 392. The monoisotopic (exact) mass is 204 g/mol. The maximum absolute atomic E-state index is 8.79. The van der Waals surface area contributed by atoms with Crippen LogP contribution >= 0.6 is 0 Å². The van der Waals surface area contributed by atoms with Crippen molar-refractivity contribution in [2.45, 2.75) is 19.4 Å². The highest BCUT2D eigenvalue weighted by Crippen LogP contribution is 2.16. The van der Waals surface area contributed by atoms with Gasteiger partial charge in [0, 0.05) is 18.2 Å². The molecular formula is C11H12N2O2. The SMILES string of the molecule is Cc1cc(C#N)cc(OC2CCOC2)n1. The molecule has 4 nitrogen and oxygen atoms in total. The number of aryl methyl sites for hydroxylation is 1. The quantitative estimate of drug-likeness (QED) is 0.731. The number of aromatic nitrogens is 1. The van der Waals surface area contributed by atoms with Gasteiger partial charge in [0.15, 0.2) is 0 Å². The molecule has 2 rings (SSSR count).